The van der Waals surface area contributed by atoms with E-state index in [9.17, 15) is 8.42 Å². The molecule has 1 aromatic carbocycles. The lowest BCUT2D eigenvalue weighted by molar-refractivity contribution is 0.262. The van der Waals surface area contributed by atoms with Crippen LogP contribution in [0, 0.1) is 5.92 Å². The van der Waals surface area contributed by atoms with Gasteiger partial charge in [-0.2, -0.15) is 4.31 Å². The van der Waals surface area contributed by atoms with Gasteiger partial charge in [0.2, 0.25) is 10.0 Å². The molecule has 1 fully saturated rings. The molecule has 6 heteroatoms. The fourth-order valence-corrected chi connectivity index (χ4v) is 4.99. The molecule has 0 saturated carbocycles. The van der Waals surface area contributed by atoms with Crippen LogP contribution >= 0.6 is 15.9 Å². The number of rotatable bonds is 5. The molecular weight excluding hydrogens is 354 g/mol. The first kappa shape index (κ1) is 16.8. The van der Waals surface area contributed by atoms with Crippen LogP contribution in [0.2, 0.25) is 0 Å². The zero-order chi connectivity index (χ0) is 15.5. The summed E-state index contributed by atoms with van der Waals surface area (Å²) in [6, 6.07) is 4.91. The second-order valence-corrected chi connectivity index (χ2v) is 8.22. The average molecular weight is 376 g/mol. The van der Waals surface area contributed by atoms with Crippen LogP contribution in [0.3, 0.4) is 0 Å². The molecule has 21 heavy (non-hydrogen) atoms. The highest BCUT2D eigenvalue weighted by atomic mass is 79.9. The van der Waals surface area contributed by atoms with E-state index in [2.05, 4.69) is 22.9 Å². The van der Waals surface area contributed by atoms with Gasteiger partial charge in [-0.1, -0.05) is 19.8 Å². The number of nitrogens with zero attached hydrogens (tertiary/aromatic N) is 1. The molecule has 118 valence electrons. The molecule has 0 aliphatic carbocycles. The molecule has 1 aliphatic rings. The zero-order valence-corrected chi connectivity index (χ0v) is 14.9. The lowest BCUT2D eigenvalue weighted by Crippen LogP contribution is -2.38. The van der Waals surface area contributed by atoms with E-state index in [1.807, 2.05) is 0 Å². The first-order chi connectivity index (χ1) is 9.98. The standard InChI is InChI=1S/C15H22BrNO3S/c1-3-4-12-7-9-17(10-8-12)21(18,19)13-5-6-15(20-2)14(16)11-13/h5-6,11-12H,3-4,7-10H2,1-2H3. The van der Waals surface area contributed by atoms with E-state index in [4.69, 9.17) is 4.74 Å². The lowest BCUT2D eigenvalue weighted by Gasteiger charge is -2.31. The Morgan fingerprint density at radius 1 is 1.33 bits per heavy atom. The van der Waals surface area contributed by atoms with Gasteiger partial charge in [-0.05, 0) is 52.9 Å². The molecule has 0 unspecified atom stereocenters. The number of sulfonamides is 1. The SMILES string of the molecule is CCCC1CCN(S(=O)(=O)c2ccc(OC)c(Br)c2)CC1. The number of methoxy groups -OCH3 is 1. The molecular formula is C15H22BrNO3S. The molecule has 0 spiro atoms. The number of ether oxygens (including phenoxy) is 1. The third-order valence-electron chi connectivity index (χ3n) is 4.03. The Hall–Kier alpha value is -0.590. The summed E-state index contributed by atoms with van der Waals surface area (Å²) in [6.45, 7) is 3.42. The highest BCUT2D eigenvalue weighted by molar-refractivity contribution is 9.10. The molecule has 0 aromatic heterocycles. The first-order valence-corrected chi connectivity index (χ1v) is 9.56. The summed E-state index contributed by atoms with van der Waals surface area (Å²) in [7, 11) is -1.84. The van der Waals surface area contributed by atoms with Gasteiger partial charge in [0.1, 0.15) is 5.75 Å². The molecule has 1 aliphatic heterocycles. The highest BCUT2D eigenvalue weighted by Gasteiger charge is 2.29. The Balaban J connectivity index is 2.14. The van der Waals surface area contributed by atoms with Crippen LogP contribution in [-0.2, 0) is 10.0 Å². The molecule has 4 nitrogen and oxygen atoms in total. The van der Waals surface area contributed by atoms with Crippen LogP contribution in [0.4, 0.5) is 0 Å². The summed E-state index contributed by atoms with van der Waals surface area (Å²) >= 11 is 3.35. The van der Waals surface area contributed by atoms with Crippen LogP contribution in [0.1, 0.15) is 32.6 Å². The summed E-state index contributed by atoms with van der Waals surface area (Å²) in [5.41, 5.74) is 0. The van der Waals surface area contributed by atoms with Crippen molar-refractivity contribution in [1.29, 1.82) is 0 Å². The predicted molar refractivity (Wildman–Crippen MR) is 87.1 cm³/mol. The number of piperidine rings is 1. The molecule has 2 rings (SSSR count). The Kier molecular flexibility index (Phi) is 5.68. The summed E-state index contributed by atoms with van der Waals surface area (Å²) in [4.78, 5) is 0.323. The van der Waals surface area contributed by atoms with Crippen LogP contribution < -0.4 is 4.74 Å². The van der Waals surface area contributed by atoms with Gasteiger partial charge < -0.3 is 4.74 Å². The Morgan fingerprint density at radius 2 is 2.00 bits per heavy atom. The van der Waals surface area contributed by atoms with E-state index in [0.29, 0.717) is 34.1 Å². The minimum Gasteiger partial charge on any atom is -0.496 e. The summed E-state index contributed by atoms with van der Waals surface area (Å²) in [6.07, 6.45) is 4.29. The van der Waals surface area contributed by atoms with Crippen LogP contribution in [0.25, 0.3) is 0 Å². The maximum absolute atomic E-state index is 12.7. The van der Waals surface area contributed by atoms with E-state index >= 15 is 0 Å². The quantitative estimate of drug-likeness (QED) is 0.788. The Morgan fingerprint density at radius 3 is 2.52 bits per heavy atom. The van der Waals surface area contributed by atoms with Gasteiger partial charge in [0.15, 0.2) is 0 Å². The maximum Gasteiger partial charge on any atom is 0.243 e. The van der Waals surface area contributed by atoms with E-state index in [1.54, 1.807) is 29.6 Å². The molecule has 0 atom stereocenters. The molecule has 1 aromatic rings. The third kappa shape index (κ3) is 3.79. The van der Waals surface area contributed by atoms with Crippen molar-refractivity contribution in [2.45, 2.75) is 37.5 Å². The van der Waals surface area contributed by atoms with E-state index in [-0.39, 0.29) is 0 Å². The van der Waals surface area contributed by atoms with Crippen LogP contribution in [0.5, 0.6) is 5.75 Å². The number of halogens is 1. The average Bonchev–Trinajstić information content (AvgIpc) is 2.48. The largest absolute Gasteiger partial charge is 0.496 e. The predicted octanol–water partition coefficient (Wildman–Crippen LogP) is 3.66. The minimum atomic E-state index is -3.40. The van der Waals surface area contributed by atoms with Crippen molar-refractivity contribution >= 4 is 26.0 Å². The van der Waals surface area contributed by atoms with E-state index < -0.39 is 10.0 Å². The first-order valence-electron chi connectivity index (χ1n) is 7.32. The molecule has 1 saturated heterocycles. The van der Waals surface area contributed by atoms with Crippen molar-refractivity contribution in [3.8, 4) is 5.75 Å². The summed E-state index contributed by atoms with van der Waals surface area (Å²) < 4.78 is 32.7. The second kappa shape index (κ2) is 7.11. The van der Waals surface area contributed by atoms with Crippen molar-refractivity contribution in [3.63, 3.8) is 0 Å². The number of hydrogen-bond acceptors (Lipinski definition) is 3. The van der Waals surface area contributed by atoms with Gasteiger partial charge in [0, 0.05) is 13.1 Å². The fourth-order valence-electron chi connectivity index (χ4n) is 2.80. The van der Waals surface area contributed by atoms with Gasteiger partial charge in [0.05, 0.1) is 16.5 Å². The Bertz CT molecular complexity index is 581. The summed E-state index contributed by atoms with van der Waals surface area (Å²) in [5.74, 6) is 1.31. The second-order valence-electron chi connectivity index (χ2n) is 5.43. The van der Waals surface area contributed by atoms with Crippen LogP contribution in [-0.4, -0.2) is 32.9 Å². The van der Waals surface area contributed by atoms with Crippen molar-refractivity contribution in [2.24, 2.45) is 5.92 Å². The smallest absolute Gasteiger partial charge is 0.243 e. The van der Waals surface area contributed by atoms with Crippen LogP contribution in [0.15, 0.2) is 27.6 Å². The molecule has 0 bridgehead atoms. The summed E-state index contributed by atoms with van der Waals surface area (Å²) in [5, 5.41) is 0. The number of benzene rings is 1. The molecule has 0 amide bonds. The van der Waals surface area contributed by atoms with Crippen molar-refractivity contribution in [1.82, 2.24) is 4.31 Å². The molecule has 0 radical (unpaired) electrons. The fraction of sp³-hybridized carbons (Fsp3) is 0.600. The van der Waals surface area contributed by atoms with Gasteiger partial charge >= 0.3 is 0 Å². The molecule has 1 heterocycles. The van der Waals surface area contributed by atoms with Gasteiger partial charge in [0.25, 0.3) is 0 Å². The van der Waals surface area contributed by atoms with Gasteiger partial charge in [-0.15, -0.1) is 0 Å². The van der Waals surface area contributed by atoms with Gasteiger partial charge in [-0.25, -0.2) is 8.42 Å². The van der Waals surface area contributed by atoms with E-state index in [1.165, 1.54) is 12.8 Å². The maximum atomic E-state index is 12.7. The van der Waals surface area contributed by atoms with Crippen molar-refractivity contribution < 1.29 is 13.2 Å². The molecule has 0 N–H and O–H groups in total. The Labute approximate surface area is 135 Å². The monoisotopic (exact) mass is 375 g/mol. The topological polar surface area (TPSA) is 46.6 Å². The minimum absolute atomic E-state index is 0.323. The van der Waals surface area contributed by atoms with E-state index in [0.717, 1.165) is 12.8 Å². The van der Waals surface area contributed by atoms with Crippen molar-refractivity contribution in [2.75, 3.05) is 20.2 Å². The lowest BCUT2D eigenvalue weighted by atomic mass is 9.94. The zero-order valence-electron chi connectivity index (χ0n) is 12.5. The highest BCUT2D eigenvalue weighted by Crippen LogP contribution is 2.31. The van der Waals surface area contributed by atoms with Crippen molar-refractivity contribution in [3.05, 3.63) is 22.7 Å². The number of hydrogen-bond donors (Lipinski definition) is 0. The normalized spacial score (nSPS) is 17.9. The van der Waals surface area contributed by atoms with Gasteiger partial charge in [-0.3, -0.25) is 0 Å². The third-order valence-corrected chi connectivity index (χ3v) is 6.55.